The average Bonchev–Trinajstić information content (AvgIpc) is 2.71. The van der Waals surface area contributed by atoms with Crippen molar-refractivity contribution in [3.63, 3.8) is 0 Å². The maximum atomic E-state index is 11.6. The molecule has 2 aromatic rings. The number of carbonyl (C=O) groups is 1. The maximum Gasteiger partial charge on any atom is 0.357 e. The average molecular weight is 216 g/mol. The molecule has 0 aromatic carbocycles. The molecule has 2 rings (SSSR count). The molecule has 2 aromatic heterocycles. The molecule has 6 heteroatoms. The second-order valence-electron chi connectivity index (χ2n) is 2.96. The van der Waals surface area contributed by atoms with Crippen molar-refractivity contribution in [3.05, 3.63) is 29.7 Å². The van der Waals surface area contributed by atoms with Crippen molar-refractivity contribution in [2.45, 2.75) is 6.92 Å². The van der Waals surface area contributed by atoms with Crippen LogP contribution < -0.4 is 0 Å². The van der Waals surface area contributed by atoms with Crippen LogP contribution in [0.15, 0.2) is 18.5 Å². The van der Waals surface area contributed by atoms with Crippen molar-refractivity contribution in [3.8, 4) is 6.07 Å². The molecule has 6 nitrogen and oxygen atoms in total. The van der Waals surface area contributed by atoms with Gasteiger partial charge in [-0.1, -0.05) is 0 Å². The molecule has 2 heterocycles. The van der Waals surface area contributed by atoms with Crippen molar-refractivity contribution < 1.29 is 9.53 Å². The molecule has 0 amide bonds. The van der Waals surface area contributed by atoms with Gasteiger partial charge in [-0.2, -0.15) is 10.4 Å². The van der Waals surface area contributed by atoms with Gasteiger partial charge in [-0.3, -0.25) is 0 Å². The summed E-state index contributed by atoms with van der Waals surface area (Å²) in [6.07, 6.45) is 2.81. The van der Waals surface area contributed by atoms with Crippen LogP contribution in [0.5, 0.6) is 0 Å². The summed E-state index contributed by atoms with van der Waals surface area (Å²) in [4.78, 5) is 15.5. The summed E-state index contributed by atoms with van der Waals surface area (Å²) in [5.41, 5.74) is 0.938. The number of aromatic nitrogens is 3. The molecule has 80 valence electrons. The van der Waals surface area contributed by atoms with E-state index in [-0.39, 0.29) is 12.3 Å². The zero-order chi connectivity index (χ0) is 11.5. The van der Waals surface area contributed by atoms with Gasteiger partial charge in [-0.05, 0) is 13.0 Å². The molecule has 0 aliphatic rings. The highest BCUT2D eigenvalue weighted by Gasteiger charge is 2.14. The lowest BCUT2D eigenvalue weighted by molar-refractivity contribution is 0.0516. The first-order valence-electron chi connectivity index (χ1n) is 4.68. The first-order valence-corrected chi connectivity index (χ1v) is 4.68. The summed E-state index contributed by atoms with van der Waals surface area (Å²) in [6, 6.07) is 3.45. The van der Waals surface area contributed by atoms with Gasteiger partial charge in [-0.15, -0.1) is 0 Å². The lowest BCUT2D eigenvalue weighted by Gasteiger charge is -2.02. The maximum absolute atomic E-state index is 11.6. The Balaban J connectivity index is 2.60. The van der Waals surface area contributed by atoms with Crippen molar-refractivity contribution >= 4 is 11.6 Å². The first kappa shape index (κ1) is 10.1. The van der Waals surface area contributed by atoms with E-state index in [0.29, 0.717) is 11.2 Å². The minimum absolute atomic E-state index is 0.258. The molecule has 0 unspecified atom stereocenters. The molecule has 0 saturated carbocycles. The van der Waals surface area contributed by atoms with Gasteiger partial charge in [0.05, 0.1) is 12.8 Å². The molecule has 16 heavy (non-hydrogen) atoms. The fourth-order valence-corrected chi connectivity index (χ4v) is 1.33. The number of nitrogens with zero attached hydrogens (tertiary/aromatic N) is 4. The predicted octanol–water partition coefficient (Wildman–Crippen LogP) is 0.778. The van der Waals surface area contributed by atoms with Gasteiger partial charge in [0.15, 0.2) is 11.3 Å². The van der Waals surface area contributed by atoms with E-state index >= 15 is 0 Å². The smallest absolute Gasteiger partial charge is 0.357 e. The van der Waals surface area contributed by atoms with Gasteiger partial charge in [0.2, 0.25) is 0 Å². The SMILES string of the molecule is CCOC(=O)c1ccnc2c(C#N)cnn12. The Morgan fingerprint density at radius 3 is 3.19 bits per heavy atom. The Labute approximate surface area is 91.1 Å². The van der Waals surface area contributed by atoms with Crippen LogP contribution in [0, 0.1) is 11.3 Å². The van der Waals surface area contributed by atoms with Crippen LogP contribution in [0.25, 0.3) is 5.65 Å². The van der Waals surface area contributed by atoms with Crippen molar-refractivity contribution in [1.29, 1.82) is 5.26 Å². The highest BCUT2D eigenvalue weighted by molar-refractivity contribution is 5.88. The van der Waals surface area contributed by atoms with E-state index in [2.05, 4.69) is 10.1 Å². The van der Waals surface area contributed by atoms with E-state index in [4.69, 9.17) is 10.00 Å². The topological polar surface area (TPSA) is 80.3 Å². The van der Waals surface area contributed by atoms with Gasteiger partial charge in [0, 0.05) is 6.20 Å². The van der Waals surface area contributed by atoms with E-state index < -0.39 is 5.97 Å². The van der Waals surface area contributed by atoms with Crippen LogP contribution in [0.3, 0.4) is 0 Å². The van der Waals surface area contributed by atoms with Gasteiger partial charge < -0.3 is 4.74 Å². The quantitative estimate of drug-likeness (QED) is 0.693. The van der Waals surface area contributed by atoms with Crippen molar-refractivity contribution in [2.24, 2.45) is 0 Å². The molecular formula is C10H8N4O2. The molecule has 0 radical (unpaired) electrons. The summed E-state index contributed by atoms with van der Waals surface area (Å²) in [6.45, 7) is 2.01. The summed E-state index contributed by atoms with van der Waals surface area (Å²) in [7, 11) is 0. The highest BCUT2D eigenvalue weighted by Crippen LogP contribution is 2.09. The largest absolute Gasteiger partial charge is 0.461 e. The standard InChI is InChI=1S/C10H8N4O2/c1-2-16-10(15)8-3-4-12-9-7(5-11)6-13-14(8)9/h3-4,6H,2H2,1H3. The third-order valence-corrected chi connectivity index (χ3v) is 2.01. The van der Waals surface area contributed by atoms with Crippen LogP contribution in [0.2, 0.25) is 0 Å². The lowest BCUT2D eigenvalue weighted by Crippen LogP contribution is -2.11. The summed E-state index contributed by atoms with van der Waals surface area (Å²) >= 11 is 0. The fourth-order valence-electron chi connectivity index (χ4n) is 1.33. The highest BCUT2D eigenvalue weighted by atomic mass is 16.5. The summed E-state index contributed by atoms with van der Waals surface area (Å²) < 4.78 is 6.17. The fraction of sp³-hybridized carbons (Fsp3) is 0.200. The molecular weight excluding hydrogens is 208 g/mol. The van der Waals surface area contributed by atoms with Crippen LogP contribution in [0.4, 0.5) is 0 Å². The van der Waals surface area contributed by atoms with E-state index in [1.165, 1.54) is 23.0 Å². The number of esters is 1. The van der Waals surface area contributed by atoms with E-state index in [0.717, 1.165) is 0 Å². The minimum atomic E-state index is -0.484. The van der Waals surface area contributed by atoms with E-state index in [1.807, 2.05) is 6.07 Å². The normalized spacial score (nSPS) is 10.0. The Hall–Kier alpha value is -2.42. The Bertz CT molecular complexity index is 582. The number of nitriles is 1. The predicted molar refractivity (Wildman–Crippen MR) is 53.7 cm³/mol. The molecule has 0 fully saturated rings. The summed E-state index contributed by atoms with van der Waals surface area (Å²) in [5.74, 6) is -0.484. The zero-order valence-electron chi connectivity index (χ0n) is 8.54. The number of rotatable bonds is 2. The van der Waals surface area contributed by atoms with E-state index in [1.54, 1.807) is 6.92 Å². The number of hydrogen-bond acceptors (Lipinski definition) is 5. The lowest BCUT2D eigenvalue weighted by atomic mass is 10.3. The third kappa shape index (κ3) is 1.48. The molecule has 0 N–H and O–H groups in total. The Kier molecular flexibility index (Phi) is 2.52. The third-order valence-electron chi connectivity index (χ3n) is 2.01. The zero-order valence-corrected chi connectivity index (χ0v) is 8.54. The van der Waals surface area contributed by atoms with Crippen LogP contribution >= 0.6 is 0 Å². The van der Waals surface area contributed by atoms with Gasteiger partial charge >= 0.3 is 5.97 Å². The van der Waals surface area contributed by atoms with Crippen LogP contribution in [-0.4, -0.2) is 27.2 Å². The number of fused-ring (bicyclic) bond motifs is 1. The Morgan fingerprint density at radius 1 is 1.69 bits per heavy atom. The number of ether oxygens (including phenoxy) is 1. The molecule has 0 aliphatic heterocycles. The number of carbonyl (C=O) groups excluding carboxylic acids is 1. The van der Waals surface area contributed by atoms with Gasteiger partial charge in [-0.25, -0.2) is 14.3 Å². The Morgan fingerprint density at radius 2 is 2.50 bits per heavy atom. The van der Waals surface area contributed by atoms with E-state index in [9.17, 15) is 4.79 Å². The summed E-state index contributed by atoms with van der Waals surface area (Å²) in [5, 5.41) is 12.7. The molecule has 0 bridgehead atoms. The second kappa shape index (κ2) is 3.98. The molecule has 0 aliphatic carbocycles. The van der Waals surface area contributed by atoms with Crippen LogP contribution in [0.1, 0.15) is 23.0 Å². The van der Waals surface area contributed by atoms with Crippen molar-refractivity contribution in [2.75, 3.05) is 6.61 Å². The molecule has 0 spiro atoms. The first-order chi connectivity index (χ1) is 7.77. The van der Waals surface area contributed by atoms with Crippen molar-refractivity contribution in [1.82, 2.24) is 14.6 Å². The van der Waals surface area contributed by atoms with Gasteiger partial charge in [0.1, 0.15) is 11.6 Å². The monoisotopic (exact) mass is 216 g/mol. The number of hydrogen-bond donors (Lipinski definition) is 0. The second-order valence-corrected chi connectivity index (χ2v) is 2.96. The van der Waals surface area contributed by atoms with Gasteiger partial charge in [0.25, 0.3) is 0 Å². The molecule has 0 saturated heterocycles. The van der Waals surface area contributed by atoms with Crippen LogP contribution in [-0.2, 0) is 4.74 Å². The minimum Gasteiger partial charge on any atom is -0.461 e. The molecule has 0 atom stereocenters.